The van der Waals surface area contributed by atoms with E-state index in [2.05, 4.69) is 6.92 Å². The van der Waals surface area contributed by atoms with Crippen molar-refractivity contribution in [3.63, 3.8) is 0 Å². The summed E-state index contributed by atoms with van der Waals surface area (Å²) in [6.45, 7) is 4.00. The molecule has 2 rings (SSSR count). The van der Waals surface area contributed by atoms with Gasteiger partial charge in [-0.15, -0.1) is 0 Å². The normalized spacial score (nSPS) is 10.2. The topological polar surface area (TPSA) is 35.5 Å². The van der Waals surface area contributed by atoms with Crippen molar-refractivity contribution in [2.45, 2.75) is 20.3 Å². The third-order valence-electron chi connectivity index (χ3n) is 3.19. The summed E-state index contributed by atoms with van der Waals surface area (Å²) in [6, 6.07) is 12.8. The lowest BCUT2D eigenvalue weighted by molar-refractivity contribution is 0.0733. The van der Waals surface area contributed by atoms with Gasteiger partial charge in [-0.1, -0.05) is 19.1 Å². The summed E-state index contributed by atoms with van der Waals surface area (Å²) in [5.41, 5.74) is 2.60. The minimum Gasteiger partial charge on any atom is -0.497 e. The molecule has 0 amide bonds. The highest BCUT2D eigenvalue weighted by Gasteiger charge is 2.10. The number of esters is 1. The van der Waals surface area contributed by atoms with Crippen LogP contribution in [0.25, 0.3) is 0 Å². The summed E-state index contributed by atoms with van der Waals surface area (Å²) >= 11 is 0. The second kappa shape index (κ2) is 6.24. The summed E-state index contributed by atoms with van der Waals surface area (Å²) in [5, 5.41) is 0. The number of hydrogen-bond acceptors (Lipinski definition) is 3. The van der Waals surface area contributed by atoms with Crippen LogP contribution in [-0.2, 0) is 6.42 Å². The molecule has 0 bridgehead atoms. The number of methoxy groups -OCH3 is 1. The molecule has 0 heterocycles. The molecule has 0 spiro atoms. The Bertz CT molecular complexity index is 600. The standard InChI is InChI=1S/C17H18O3/c1-4-13-6-5-12(2)16(11-13)20-17(18)14-7-9-15(19-3)10-8-14/h5-11H,4H2,1-3H3. The highest BCUT2D eigenvalue weighted by Crippen LogP contribution is 2.21. The summed E-state index contributed by atoms with van der Waals surface area (Å²) in [7, 11) is 1.59. The van der Waals surface area contributed by atoms with E-state index in [0.29, 0.717) is 17.1 Å². The van der Waals surface area contributed by atoms with E-state index in [1.807, 2.05) is 25.1 Å². The molecular weight excluding hydrogens is 252 g/mol. The monoisotopic (exact) mass is 270 g/mol. The van der Waals surface area contributed by atoms with Crippen molar-refractivity contribution in [2.24, 2.45) is 0 Å². The van der Waals surface area contributed by atoms with Crippen molar-refractivity contribution in [1.29, 1.82) is 0 Å². The van der Waals surface area contributed by atoms with Gasteiger partial charge in [0.1, 0.15) is 11.5 Å². The Kier molecular flexibility index (Phi) is 4.41. The maximum absolute atomic E-state index is 12.1. The van der Waals surface area contributed by atoms with Crippen molar-refractivity contribution >= 4 is 5.97 Å². The number of ether oxygens (including phenoxy) is 2. The molecule has 0 N–H and O–H groups in total. The summed E-state index contributed by atoms with van der Waals surface area (Å²) in [4.78, 5) is 12.1. The molecule has 2 aromatic rings. The zero-order chi connectivity index (χ0) is 14.5. The minimum absolute atomic E-state index is 0.357. The van der Waals surface area contributed by atoms with Crippen LogP contribution < -0.4 is 9.47 Å². The molecule has 3 nitrogen and oxygen atoms in total. The third-order valence-corrected chi connectivity index (χ3v) is 3.19. The second-order valence-corrected chi connectivity index (χ2v) is 4.57. The van der Waals surface area contributed by atoms with Gasteiger partial charge < -0.3 is 9.47 Å². The van der Waals surface area contributed by atoms with Gasteiger partial charge in [0.05, 0.1) is 12.7 Å². The van der Waals surface area contributed by atoms with Crippen molar-refractivity contribution in [1.82, 2.24) is 0 Å². The molecule has 0 aromatic heterocycles. The molecule has 0 atom stereocenters. The summed E-state index contributed by atoms with van der Waals surface area (Å²) in [6.07, 6.45) is 0.910. The van der Waals surface area contributed by atoms with Gasteiger partial charge in [-0.2, -0.15) is 0 Å². The third kappa shape index (κ3) is 3.18. The van der Waals surface area contributed by atoms with Crippen LogP contribution in [0.1, 0.15) is 28.4 Å². The first-order valence-electron chi connectivity index (χ1n) is 6.59. The summed E-state index contributed by atoms with van der Waals surface area (Å²) in [5.74, 6) is 0.972. The fourth-order valence-electron chi connectivity index (χ4n) is 1.86. The van der Waals surface area contributed by atoms with Crippen LogP contribution in [0.4, 0.5) is 0 Å². The van der Waals surface area contributed by atoms with Crippen LogP contribution in [-0.4, -0.2) is 13.1 Å². The van der Waals surface area contributed by atoms with E-state index >= 15 is 0 Å². The average molecular weight is 270 g/mol. The molecule has 2 aromatic carbocycles. The molecule has 0 saturated heterocycles. The van der Waals surface area contributed by atoms with E-state index in [0.717, 1.165) is 17.5 Å². The lowest BCUT2D eigenvalue weighted by Gasteiger charge is -2.09. The van der Waals surface area contributed by atoms with Crippen molar-refractivity contribution in [3.8, 4) is 11.5 Å². The molecule has 104 valence electrons. The van der Waals surface area contributed by atoms with Gasteiger partial charge in [0.2, 0.25) is 0 Å². The molecule has 0 aliphatic rings. The van der Waals surface area contributed by atoms with E-state index in [9.17, 15) is 4.79 Å². The fourth-order valence-corrected chi connectivity index (χ4v) is 1.86. The van der Waals surface area contributed by atoms with Crippen molar-refractivity contribution in [3.05, 3.63) is 59.2 Å². The van der Waals surface area contributed by atoms with Crippen LogP contribution in [0.3, 0.4) is 0 Å². The largest absolute Gasteiger partial charge is 0.497 e. The number of benzene rings is 2. The molecule has 0 saturated carbocycles. The maximum atomic E-state index is 12.1. The van der Waals surface area contributed by atoms with Gasteiger partial charge in [-0.3, -0.25) is 0 Å². The van der Waals surface area contributed by atoms with Crippen LogP contribution in [0.2, 0.25) is 0 Å². The Morgan fingerprint density at radius 3 is 2.40 bits per heavy atom. The number of carbonyl (C=O) groups is 1. The van der Waals surface area contributed by atoms with Gasteiger partial charge in [-0.25, -0.2) is 4.79 Å². The molecular formula is C17H18O3. The number of carbonyl (C=O) groups excluding carboxylic acids is 1. The maximum Gasteiger partial charge on any atom is 0.343 e. The Morgan fingerprint density at radius 2 is 1.80 bits per heavy atom. The highest BCUT2D eigenvalue weighted by atomic mass is 16.5. The Balaban J connectivity index is 2.18. The van der Waals surface area contributed by atoms with E-state index < -0.39 is 0 Å². The number of rotatable bonds is 4. The predicted octanol–water partition coefficient (Wildman–Crippen LogP) is 3.79. The lowest BCUT2D eigenvalue weighted by atomic mass is 10.1. The van der Waals surface area contributed by atoms with Crippen LogP contribution >= 0.6 is 0 Å². The summed E-state index contributed by atoms with van der Waals surface area (Å²) < 4.78 is 10.5. The molecule has 0 fully saturated rings. The van der Waals surface area contributed by atoms with Gasteiger partial charge in [-0.05, 0) is 54.8 Å². The van der Waals surface area contributed by atoms with Gasteiger partial charge in [0.25, 0.3) is 0 Å². The molecule has 20 heavy (non-hydrogen) atoms. The average Bonchev–Trinajstić information content (AvgIpc) is 2.49. The van der Waals surface area contributed by atoms with Gasteiger partial charge in [0, 0.05) is 0 Å². The van der Waals surface area contributed by atoms with Crippen molar-refractivity contribution in [2.75, 3.05) is 7.11 Å². The number of aryl methyl sites for hydroxylation is 2. The lowest BCUT2D eigenvalue weighted by Crippen LogP contribution is -2.09. The van der Waals surface area contributed by atoms with Crippen LogP contribution in [0.15, 0.2) is 42.5 Å². The van der Waals surface area contributed by atoms with Gasteiger partial charge in [0.15, 0.2) is 0 Å². The first kappa shape index (κ1) is 14.1. The van der Waals surface area contributed by atoms with Crippen LogP contribution in [0, 0.1) is 6.92 Å². The number of hydrogen-bond donors (Lipinski definition) is 0. The highest BCUT2D eigenvalue weighted by molar-refractivity contribution is 5.91. The Labute approximate surface area is 119 Å². The quantitative estimate of drug-likeness (QED) is 0.626. The van der Waals surface area contributed by atoms with E-state index in [-0.39, 0.29) is 5.97 Å². The minimum atomic E-state index is -0.357. The Morgan fingerprint density at radius 1 is 1.10 bits per heavy atom. The first-order chi connectivity index (χ1) is 9.63. The molecule has 3 heteroatoms. The fraction of sp³-hybridized carbons (Fsp3) is 0.235. The molecule has 0 aliphatic heterocycles. The second-order valence-electron chi connectivity index (χ2n) is 4.57. The first-order valence-corrected chi connectivity index (χ1v) is 6.59. The smallest absolute Gasteiger partial charge is 0.343 e. The zero-order valence-corrected chi connectivity index (χ0v) is 12.0. The predicted molar refractivity (Wildman–Crippen MR) is 78.5 cm³/mol. The van der Waals surface area contributed by atoms with Crippen LogP contribution in [0.5, 0.6) is 11.5 Å². The van der Waals surface area contributed by atoms with Gasteiger partial charge >= 0.3 is 5.97 Å². The molecule has 0 unspecified atom stereocenters. The SMILES string of the molecule is CCc1ccc(C)c(OC(=O)c2ccc(OC)cc2)c1. The molecule has 0 radical (unpaired) electrons. The van der Waals surface area contributed by atoms with E-state index in [4.69, 9.17) is 9.47 Å². The molecule has 0 aliphatic carbocycles. The zero-order valence-electron chi connectivity index (χ0n) is 12.0. The Hall–Kier alpha value is -2.29. The van der Waals surface area contributed by atoms with E-state index in [1.165, 1.54) is 0 Å². The van der Waals surface area contributed by atoms with E-state index in [1.54, 1.807) is 31.4 Å². The van der Waals surface area contributed by atoms with Crippen molar-refractivity contribution < 1.29 is 14.3 Å².